The Bertz CT molecular complexity index is 700. The molecule has 0 aliphatic heterocycles. The van der Waals surface area contributed by atoms with Gasteiger partial charge in [0.15, 0.2) is 12.4 Å². The molecule has 23 heavy (non-hydrogen) atoms. The van der Waals surface area contributed by atoms with E-state index >= 15 is 0 Å². The van der Waals surface area contributed by atoms with Gasteiger partial charge in [-0.1, -0.05) is 18.2 Å². The lowest BCUT2D eigenvalue weighted by atomic mass is 10.2. The number of benzene rings is 1. The molecule has 0 unspecified atom stereocenters. The molecule has 5 nitrogen and oxygen atoms in total. The van der Waals surface area contributed by atoms with E-state index in [0.717, 1.165) is 4.47 Å². The van der Waals surface area contributed by atoms with Crippen molar-refractivity contribution in [2.24, 2.45) is 0 Å². The topological polar surface area (TPSA) is 72.5 Å². The van der Waals surface area contributed by atoms with Crippen molar-refractivity contribution in [1.82, 2.24) is 0 Å². The van der Waals surface area contributed by atoms with Crippen LogP contribution >= 0.6 is 27.3 Å². The predicted molar refractivity (Wildman–Crippen MR) is 91.6 cm³/mol. The standard InChI is InChI=1S/C16H14BrNO4S/c17-11-4-1-2-5-12(11)18-15(20)10-22-16(21)8-7-13(19)14-6-3-9-23-14/h1-6,9H,7-8,10H2,(H,18,20). The number of Topliss-reactive ketones (excluding diaryl/α,β-unsaturated/α-hetero) is 1. The summed E-state index contributed by atoms with van der Waals surface area (Å²) in [6, 6.07) is 10.6. The summed E-state index contributed by atoms with van der Waals surface area (Å²) in [5.41, 5.74) is 0.599. The molecule has 0 saturated heterocycles. The Kier molecular flexibility index (Phi) is 6.49. The number of hydrogen-bond donors (Lipinski definition) is 1. The van der Waals surface area contributed by atoms with Crippen LogP contribution in [0.15, 0.2) is 46.3 Å². The fourth-order valence-electron chi connectivity index (χ4n) is 1.74. The molecule has 120 valence electrons. The molecule has 1 N–H and O–H groups in total. The van der Waals surface area contributed by atoms with Crippen LogP contribution in [0.4, 0.5) is 5.69 Å². The number of ether oxygens (including phenoxy) is 1. The minimum absolute atomic E-state index is 0.0426. The number of carbonyl (C=O) groups is 3. The maximum atomic E-state index is 11.7. The van der Waals surface area contributed by atoms with Crippen LogP contribution in [0.1, 0.15) is 22.5 Å². The van der Waals surface area contributed by atoms with Crippen LogP contribution < -0.4 is 5.32 Å². The van der Waals surface area contributed by atoms with Gasteiger partial charge in [0, 0.05) is 10.9 Å². The number of halogens is 1. The predicted octanol–water partition coefficient (Wildman–Crippen LogP) is 3.66. The first-order valence-corrected chi connectivity index (χ1v) is 8.50. The highest BCUT2D eigenvalue weighted by Crippen LogP contribution is 2.20. The molecule has 1 aromatic heterocycles. The Hall–Kier alpha value is -1.99. The summed E-state index contributed by atoms with van der Waals surface area (Å²) in [6.45, 7) is -0.382. The average Bonchev–Trinajstić information content (AvgIpc) is 3.07. The van der Waals surface area contributed by atoms with Crippen molar-refractivity contribution in [2.75, 3.05) is 11.9 Å². The number of carbonyl (C=O) groups excluding carboxylic acids is 3. The van der Waals surface area contributed by atoms with Crippen LogP contribution in [-0.2, 0) is 14.3 Å². The Morgan fingerprint density at radius 2 is 1.87 bits per heavy atom. The van der Waals surface area contributed by atoms with Gasteiger partial charge < -0.3 is 10.1 Å². The largest absolute Gasteiger partial charge is 0.456 e. The second-order valence-electron chi connectivity index (χ2n) is 4.59. The molecule has 0 atom stereocenters. The van der Waals surface area contributed by atoms with E-state index < -0.39 is 11.9 Å². The highest BCUT2D eigenvalue weighted by Gasteiger charge is 2.13. The first kappa shape index (κ1) is 17.4. The van der Waals surface area contributed by atoms with Crippen LogP contribution in [-0.4, -0.2) is 24.3 Å². The molecule has 2 aromatic rings. The molecule has 0 aliphatic carbocycles. The van der Waals surface area contributed by atoms with Gasteiger partial charge in [0.25, 0.3) is 5.91 Å². The lowest BCUT2D eigenvalue weighted by Gasteiger charge is -2.07. The van der Waals surface area contributed by atoms with Gasteiger partial charge in [-0.2, -0.15) is 0 Å². The average molecular weight is 396 g/mol. The van der Waals surface area contributed by atoms with Crippen molar-refractivity contribution in [1.29, 1.82) is 0 Å². The van der Waals surface area contributed by atoms with Gasteiger partial charge in [0.1, 0.15) is 0 Å². The van der Waals surface area contributed by atoms with Crippen molar-refractivity contribution >= 4 is 50.6 Å². The summed E-state index contributed by atoms with van der Waals surface area (Å²) < 4.78 is 5.61. The second-order valence-corrected chi connectivity index (χ2v) is 6.39. The van der Waals surface area contributed by atoms with Crippen LogP contribution in [0, 0.1) is 0 Å². The van der Waals surface area contributed by atoms with Crippen LogP contribution in [0.25, 0.3) is 0 Å². The highest BCUT2D eigenvalue weighted by atomic mass is 79.9. The molecule has 0 fully saturated rings. The van der Waals surface area contributed by atoms with E-state index in [2.05, 4.69) is 21.2 Å². The second kappa shape index (κ2) is 8.59. The summed E-state index contributed by atoms with van der Waals surface area (Å²) >= 11 is 4.64. The zero-order valence-electron chi connectivity index (χ0n) is 12.1. The van der Waals surface area contributed by atoms with Gasteiger partial charge in [0.05, 0.1) is 17.0 Å². The molecule has 0 spiro atoms. The molecule has 0 radical (unpaired) electrons. The van der Waals surface area contributed by atoms with E-state index in [0.29, 0.717) is 10.6 Å². The number of nitrogens with one attached hydrogen (secondary N) is 1. The molecule has 0 bridgehead atoms. The maximum absolute atomic E-state index is 11.7. The normalized spacial score (nSPS) is 10.1. The maximum Gasteiger partial charge on any atom is 0.306 e. The number of esters is 1. The Morgan fingerprint density at radius 1 is 1.09 bits per heavy atom. The molecule has 0 aliphatic rings. The minimum atomic E-state index is -0.572. The van der Waals surface area contributed by atoms with Crippen LogP contribution in [0.2, 0.25) is 0 Å². The molecule has 1 heterocycles. The Balaban J connectivity index is 1.71. The Labute approximate surface area is 145 Å². The quantitative estimate of drug-likeness (QED) is 0.573. The number of hydrogen-bond acceptors (Lipinski definition) is 5. The van der Waals surface area contributed by atoms with E-state index in [-0.39, 0.29) is 25.2 Å². The van der Waals surface area contributed by atoms with Gasteiger partial charge in [-0.3, -0.25) is 14.4 Å². The molecule has 0 saturated carbocycles. The van der Waals surface area contributed by atoms with E-state index in [9.17, 15) is 14.4 Å². The lowest BCUT2D eigenvalue weighted by Crippen LogP contribution is -2.21. The first-order chi connectivity index (χ1) is 11.1. The molecular weight excluding hydrogens is 382 g/mol. The van der Waals surface area contributed by atoms with Crippen molar-refractivity contribution < 1.29 is 19.1 Å². The number of para-hydroxylation sites is 1. The number of thiophene rings is 1. The van der Waals surface area contributed by atoms with Gasteiger partial charge in [-0.25, -0.2) is 0 Å². The summed E-state index contributed by atoms with van der Waals surface area (Å²) in [7, 11) is 0. The van der Waals surface area contributed by atoms with Crippen LogP contribution in [0.3, 0.4) is 0 Å². The molecular formula is C16H14BrNO4S. The third-order valence-electron chi connectivity index (χ3n) is 2.86. The SMILES string of the molecule is O=C(COC(=O)CCC(=O)c1cccs1)Nc1ccccc1Br. The number of anilines is 1. The summed E-state index contributed by atoms with van der Waals surface area (Å²) in [5.74, 6) is -1.11. The zero-order valence-corrected chi connectivity index (χ0v) is 14.5. The lowest BCUT2D eigenvalue weighted by molar-refractivity contribution is -0.147. The number of rotatable bonds is 7. The first-order valence-electron chi connectivity index (χ1n) is 6.83. The highest BCUT2D eigenvalue weighted by molar-refractivity contribution is 9.10. The van der Waals surface area contributed by atoms with Crippen molar-refractivity contribution in [3.8, 4) is 0 Å². The third kappa shape index (κ3) is 5.61. The summed E-state index contributed by atoms with van der Waals surface area (Å²) in [5, 5.41) is 4.43. The fourth-order valence-corrected chi connectivity index (χ4v) is 2.82. The van der Waals surface area contributed by atoms with E-state index in [1.807, 2.05) is 6.07 Å². The fraction of sp³-hybridized carbons (Fsp3) is 0.188. The Morgan fingerprint density at radius 3 is 2.57 bits per heavy atom. The molecule has 1 amide bonds. The van der Waals surface area contributed by atoms with Crippen molar-refractivity contribution in [2.45, 2.75) is 12.8 Å². The van der Waals surface area contributed by atoms with E-state index in [1.165, 1.54) is 11.3 Å². The molecule has 7 heteroatoms. The van der Waals surface area contributed by atoms with Gasteiger partial charge in [-0.15, -0.1) is 11.3 Å². The molecule has 2 rings (SSSR count). The van der Waals surface area contributed by atoms with Gasteiger partial charge >= 0.3 is 5.97 Å². The van der Waals surface area contributed by atoms with Gasteiger partial charge in [-0.05, 0) is 39.5 Å². The summed E-state index contributed by atoms with van der Waals surface area (Å²) in [6.07, 6.45) is 0.0320. The zero-order chi connectivity index (χ0) is 16.7. The van der Waals surface area contributed by atoms with Crippen molar-refractivity contribution in [3.05, 3.63) is 51.1 Å². The number of ketones is 1. The molecule has 1 aromatic carbocycles. The minimum Gasteiger partial charge on any atom is -0.456 e. The smallest absolute Gasteiger partial charge is 0.306 e. The monoisotopic (exact) mass is 395 g/mol. The van der Waals surface area contributed by atoms with Crippen LogP contribution in [0.5, 0.6) is 0 Å². The van der Waals surface area contributed by atoms with Crippen molar-refractivity contribution in [3.63, 3.8) is 0 Å². The third-order valence-corrected chi connectivity index (χ3v) is 4.47. The van der Waals surface area contributed by atoms with E-state index in [1.54, 1.807) is 35.7 Å². The van der Waals surface area contributed by atoms with Gasteiger partial charge in [0.2, 0.25) is 0 Å². The summed E-state index contributed by atoms with van der Waals surface area (Å²) in [4.78, 5) is 35.7. The number of amides is 1. The van der Waals surface area contributed by atoms with E-state index in [4.69, 9.17) is 4.74 Å².